The highest BCUT2D eigenvalue weighted by atomic mass is 35.5. The third-order valence-electron chi connectivity index (χ3n) is 2.68. The Morgan fingerprint density at radius 1 is 1.00 bits per heavy atom. The van der Waals surface area contributed by atoms with Crippen LogP contribution >= 0.6 is 11.6 Å². The van der Waals surface area contributed by atoms with Crippen LogP contribution in [0.2, 0.25) is 5.02 Å². The molecular formula is C14H15Cl. The summed E-state index contributed by atoms with van der Waals surface area (Å²) < 4.78 is 0. The van der Waals surface area contributed by atoms with Crippen molar-refractivity contribution in [1.29, 1.82) is 0 Å². The maximum absolute atomic E-state index is 6.27. The van der Waals surface area contributed by atoms with Crippen LogP contribution in [0.25, 0.3) is 10.8 Å². The molecule has 0 aliphatic heterocycles. The molecule has 0 atom stereocenters. The molecule has 0 nitrogen and oxygen atoms in total. The first-order valence-corrected chi connectivity index (χ1v) is 5.55. The number of halogens is 1. The van der Waals surface area contributed by atoms with Gasteiger partial charge in [0, 0.05) is 10.4 Å². The number of hydrogen-bond donors (Lipinski definition) is 0. The van der Waals surface area contributed by atoms with Crippen LogP contribution in [-0.4, -0.2) is 0 Å². The third-order valence-corrected chi connectivity index (χ3v) is 2.99. The molecule has 78 valence electrons. The summed E-state index contributed by atoms with van der Waals surface area (Å²) in [6.07, 6.45) is 0. The monoisotopic (exact) mass is 218 g/mol. The van der Waals surface area contributed by atoms with E-state index in [1.807, 2.05) is 12.1 Å². The van der Waals surface area contributed by atoms with E-state index in [4.69, 9.17) is 11.6 Å². The van der Waals surface area contributed by atoms with Gasteiger partial charge in [-0.2, -0.15) is 0 Å². The molecule has 2 aromatic rings. The highest BCUT2D eigenvalue weighted by molar-refractivity contribution is 6.35. The van der Waals surface area contributed by atoms with Gasteiger partial charge in [-0.3, -0.25) is 0 Å². The van der Waals surface area contributed by atoms with E-state index in [2.05, 4.69) is 45.0 Å². The first-order chi connectivity index (χ1) is 6.98. The molecule has 0 aliphatic rings. The fourth-order valence-electron chi connectivity index (χ4n) is 1.70. The highest BCUT2D eigenvalue weighted by Crippen LogP contribution is 2.31. The molecule has 2 rings (SSSR count). The molecule has 1 heteroatoms. The molecule has 0 aromatic heterocycles. The van der Waals surface area contributed by atoms with Gasteiger partial charge in [-0.25, -0.2) is 0 Å². The lowest BCUT2D eigenvalue weighted by atomic mass is 9.86. The molecule has 0 unspecified atom stereocenters. The van der Waals surface area contributed by atoms with Crippen LogP contribution < -0.4 is 0 Å². The largest absolute Gasteiger partial charge is 0.0837 e. The van der Waals surface area contributed by atoms with Crippen molar-refractivity contribution in [2.24, 2.45) is 0 Å². The summed E-state index contributed by atoms with van der Waals surface area (Å²) >= 11 is 6.27. The predicted octanol–water partition coefficient (Wildman–Crippen LogP) is 4.79. The van der Waals surface area contributed by atoms with Crippen molar-refractivity contribution in [3.8, 4) is 0 Å². The van der Waals surface area contributed by atoms with Crippen molar-refractivity contribution in [2.75, 3.05) is 0 Å². The average molecular weight is 219 g/mol. The quantitative estimate of drug-likeness (QED) is 0.597. The van der Waals surface area contributed by atoms with Crippen molar-refractivity contribution < 1.29 is 0 Å². The van der Waals surface area contributed by atoms with E-state index in [9.17, 15) is 0 Å². The smallest absolute Gasteiger partial charge is 0.0487 e. The minimum atomic E-state index is 0.146. The van der Waals surface area contributed by atoms with Crippen LogP contribution in [0, 0.1) is 0 Å². The normalized spacial score (nSPS) is 12.0. The van der Waals surface area contributed by atoms with E-state index >= 15 is 0 Å². The zero-order valence-electron chi connectivity index (χ0n) is 9.34. The lowest BCUT2D eigenvalue weighted by Crippen LogP contribution is -2.10. The van der Waals surface area contributed by atoms with Crippen LogP contribution in [0.5, 0.6) is 0 Å². The molecule has 0 saturated heterocycles. The Balaban J connectivity index is 2.73. The lowest BCUT2D eigenvalue weighted by molar-refractivity contribution is 0.591. The van der Waals surface area contributed by atoms with Gasteiger partial charge < -0.3 is 0 Å². The summed E-state index contributed by atoms with van der Waals surface area (Å²) in [6.45, 7) is 6.61. The van der Waals surface area contributed by atoms with Gasteiger partial charge in [0.05, 0.1) is 0 Å². The molecule has 0 bridgehead atoms. The molecule has 0 aliphatic carbocycles. The number of rotatable bonds is 0. The Hall–Kier alpha value is -1.01. The zero-order valence-corrected chi connectivity index (χ0v) is 10.1. The number of hydrogen-bond acceptors (Lipinski definition) is 0. The van der Waals surface area contributed by atoms with Crippen molar-refractivity contribution >= 4 is 22.4 Å². The summed E-state index contributed by atoms with van der Waals surface area (Å²) in [6, 6.07) is 12.5. The second-order valence-electron chi connectivity index (χ2n) is 4.93. The maximum atomic E-state index is 6.27. The summed E-state index contributed by atoms with van der Waals surface area (Å²) in [5.74, 6) is 0. The van der Waals surface area contributed by atoms with Crippen molar-refractivity contribution in [1.82, 2.24) is 0 Å². The van der Waals surface area contributed by atoms with Gasteiger partial charge in [0.25, 0.3) is 0 Å². The molecule has 0 radical (unpaired) electrons. The zero-order chi connectivity index (χ0) is 11.1. The molecule has 2 aromatic carbocycles. The Kier molecular flexibility index (Phi) is 2.47. The first kappa shape index (κ1) is 10.5. The Labute approximate surface area is 95.9 Å². The predicted molar refractivity (Wildman–Crippen MR) is 67.7 cm³/mol. The molecule has 0 heterocycles. The van der Waals surface area contributed by atoms with Crippen molar-refractivity contribution in [2.45, 2.75) is 26.2 Å². The fraction of sp³-hybridized carbons (Fsp3) is 0.286. The second kappa shape index (κ2) is 3.53. The van der Waals surface area contributed by atoms with Crippen molar-refractivity contribution in [3.63, 3.8) is 0 Å². The molecule has 0 spiro atoms. The minimum absolute atomic E-state index is 0.146. The Morgan fingerprint density at radius 2 is 1.67 bits per heavy atom. The van der Waals surface area contributed by atoms with Gasteiger partial charge in [-0.1, -0.05) is 62.7 Å². The maximum Gasteiger partial charge on any atom is 0.0487 e. The number of fused-ring (bicyclic) bond motifs is 1. The van der Waals surface area contributed by atoms with Gasteiger partial charge in [-0.15, -0.1) is 0 Å². The van der Waals surface area contributed by atoms with Crippen LogP contribution in [0.3, 0.4) is 0 Å². The highest BCUT2D eigenvalue weighted by Gasteiger charge is 2.15. The van der Waals surface area contributed by atoms with Crippen LogP contribution in [-0.2, 0) is 5.41 Å². The summed E-state index contributed by atoms with van der Waals surface area (Å²) in [4.78, 5) is 0. The van der Waals surface area contributed by atoms with Crippen LogP contribution in [0.15, 0.2) is 36.4 Å². The van der Waals surface area contributed by atoms with Crippen LogP contribution in [0.1, 0.15) is 26.3 Å². The van der Waals surface area contributed by atoms with E-state index < -0.39 is 0 Å². The van der Waals surface area contributed by atoms with Gasteiger partial charge in [-0.05, 0) is 22.4 Å². The van der Waals surface area contributed by atoms with Crippen molar-refractivity contribution in [3.05, 3.63) is 47.0 Å². The van der Waals surface area contributed by atoms with Gasteiger partial charge in [0.1, 0.15) is 0 Å². The minimum Gasteiger partial charge on any atom is -0.0837 e. The SMILES string of the molecule is CC(C)(C)c1cc(Cl)c2ccccc2c1. The Bertz CT molecular complexity index is 492. The van der Waals surface area contributed by atoms with Gasteiger partial charge >= 0.3 is 0 Å². The fourth-order valence-corrected chi connectivity index (χ4v) is 1.99. The molecule has 15 heavy (non-hydrogen) atoms. The Morgan fingerprint density at radius 3 is 2.33 bits per heavy atom. The van der Waals surface area contributed by atoms with E-state index in [0.29, 0.717) is 0 Å². The van der Waals surface area contributed by atoms with E-state index in [-0.39, 0.29) is 5.41 Å². The lowest BCUT2D eigenvalue weighted by Gasteiger charge is -2.20. The van der Waals surface area contributed by atoms with Gasteiger partial charge in [0.15, 0.2) is 0 Å². The summed E-state index contributed by atoms with van der Waals surface area (Å²) in [5.41, 5.74) is 1.43. The van der Waals surface area contributed by atoms with Crippen LogP contribution in [0.4, 0.5) is 0 Å². The molecular weight excluding hydrogens is 204 g/mol. The molecule has 0 fully saturated rings. The topological polar surface area (TPSA) is 0 Å². The molecule has 0 N–H and O–H groups in total. The standard InChI is InChI=1S/C14H15Cl/c1-14(2,3)11-8-10-6-4-5-7-12(10)13(15)9-11/h4-9H,1-3H3. The summed E-state index contributed by atoms with van der Waals surface area (Å²) in [7, 11) is 0. The summed E-state index contributed by atoms with van der Waals surface area (Å²) in [5, 5.41) is 3.19. The average Bonchev–Trinajstić information content (AvgIpc) is 2.16. The second-order valence-corrected chi connectivity index (χ2v) is 5.34. The first-order valence-electron chi connectivity index (χ1n) is 5.17. The molecule has 0 amide bonds. The third kappa shape index (κ3) is 2.00. The van der Waals surface area contributed by atoms with E-state index in [1.54, 1.807) is 0 Å². The van der Waals surface area contributed by atoms with E-state index in [1.165, 1.54) is 10.9 Å². The van der Waals surface area contributed by atoms with E-state index in [0.717, 1.165) is 10.4 Å². The number of benzene rings is 2. The van der Waals surface area contributed by atoms with Gasteiger partial charge in [0.2, 0.25) is 0 Å². The molecule has 0 saturated carbocycles.